The monoisotopic (exact) mass is 355 g/mol. The van der Waals surface area contributed by atoms with Gasteiger partial charge >= 0.3 is 0 Å². The van der Waals surface area contributed by atoms with Crippen LogP contribution in [0.2, 0.25) is 0 Å². The minimum absolute atomic E-state index is 0.105. The third-order valence-electron chi connectivity index (χ3n) is 4.38. The van der Waals surface area contributed by atoms with E-state index in [-0.39, 0.29) is 17.3 Å². The standard InChI is InChI=1S/C19H21N3O4/c1-14-7-8-16(17(13-14)22(24)25)20-19(23)18(15-5-3-2-4-6-15)21-9-11-26-12-10-21/h2-8,13,18H,9-12H2,1H3,(H,20,23)/t18-/m0/s1. The average molecular weight is 355 g/mol. The lowest BCUT2D eigenvalue weighted by molar-refractivity contribution is -0.384. The Morgan fingerprint density at radius 3 is 2.54 bits per heavy atom. The van der Waals surface area contributed by atoms with E-state index in [4.69, 9.17) is 4.74 Å². The average Bonchev–Trinajstić information content (AvgIpc) is 2.65. The number of morpholine rings is 1. The van der Waals surface area contributed by atoms with Gasteiger partial charge in [0, 0.05) is 19.2 Å². The molecule has 0 aromatic heterocycles. The fourth-order valence-corrected chi connectivity index (χ4v) is 3.10. The van der Waals surface area contributed by atoms with Crippen LogP contribution >= 0.6 is 0 Å². The lowest BCUT2D eigenvalue weighted by Crippen LogP contribution is -2.43. The molecule has 0 bridgehead atoms. The summed E-state index contributed by atoms with van der Waals surface area (Å²) in [7, 11) is 0. The van der Waals surface area contributed by atoms with E-state index >= 15 is 0 Å². The van der Waals surface area contributed by atoms with Crippen LogP contribution in [0, 0.1) is 17.0 Å². The second-order valence-corrected chi connectivity index (χ2v) is 6.23. The fourth-order valence-electron chi connectivity index (χ4n) is 3.10. The summed E-state index contributed by atoms with van der Waals surface area (Å²) in [6.07, 6.45) is 0. The van der Waals surface area contributed by atoms with E-state index in [2.05, 4.69) is 5.32 Å². The molecule has 1 atom stereocenters. The molecule has 7 heteroatoms. The fraction of sp³-hybridized carbons (Fsp3) is 0.316. The molecule has 2 aromatic rings. The largest absolute Gasteiger partial charge is 0.379 e. The van der Waals surface area contributed by atoms with Gasteiger partial charge in [0.1, 0.15) is 11.7 Å². The Bertz CT molecular complexity index is 789. The number of hydrogen-bond donors (Lipinski definition) is 1. The molecule has 1 N–H and O–H groups in total. The molecule has 3 rings (SSSR count). The number of carbonyl (C=O) groups is 1. The van der Waals surface area contributed by atoms with Gasteiger partial charge in [-0.15, -0.1) is 0 Å². The van der Waals surface area contributed by atoms with Crippen LogP contribution in [0.25, 0.3) is 0 Å². The molecule has 1 amide bonds. The molecular weight excluding hydrogens is 334 g/mol. The molecule has 26 heavy (non-hydrogen) atoms. The van der Waals surface area contributed by atoms with Crippen LogP contribution in [0.15, 0.2) is 48.5 Å². The van der Waals surface area contributed by atoms with Crippen molar-refractivity contribution >= 4 is 17.3 Å². The minimum atomic E-state index is -0.527. The highest BCUT2D eigenvalue weighted by molar-refractivity contribution is 5.97. The first-order valence-corrected chi connectivity index (χ1v) is 8.49. The van der Waals surface area contributed by atoms with Crippen molar-refractivity contribution in [3.05, 3.63) is 69.8 Å². The van der Waals surface area contributed by atoms with Gasteiger partial charge in [0.2, 0.25) is 5.91 Å². The SMILES string of the molecule is Cc1ccc(NC(=O)[C@H](c2ccccc2)N2CCOCC2)c([N+](=O)[O-])c1. The molecule has 0 spiro atoms. The summed E-state index contributed by atoms with van der Waals surface area (Å²) in [4.78, 5) is 25.9. The number of nitro benzene ring substituents is 1. The van der Waals surface area contributed by atoms with Crippen LogP contribution < -0.4 is 5.32 Å². The van der Waals surface area contributed by atoms with Crippen LogP contribution in [-0.4, -0.2) is 42.0 Å². The zero-order valence-corrected chi connectivity index (χ0v) is 14.6. The van der Waals surface area contributed by atoms with E-state index < -0.39 is 11.0 Å². The number of nitrogens with one attached hydrogen (secondary N) is 1. The van der Waals surface area contributed by atoms with E-state index in [1.54, 1.807) is 19.1 Å². The molecule has 1 heterocycles. The van der Waals surface area contributed by atoms with E-state index in [0.717, 1.165) is 11.1 Å². The first-order chi connectivity index (χ1) is 12.6. The smallest absolute Gasteiger partial charge is 0.293 e. The third kappa shape index (κ3) is 4.07. The summed E-state index contributed by atoms with van der Waals surface area (Å²) < 4.78 is 5.38. The van der Waals surface area contributed by atoms with Gasteiger partial charge in [0.15, 0.2) is 0 Å². The third-order valence-corrected chi connectivity index (χ3v) is 4.38. The lowest BCUT2D eigenvalue weighted by atomic mass is 10.0. The van der Waals surface area contributed by atoms with E-state index in [1.165, 1.54) is 6.07 Å². The molecule has 7 nitrogen and oxygen atoms in total. The van der Waals surface area contributed by atoms with Crippen molar-refractivity contribution in [1.29, 1.82) is 0 Å². The van der Waals surface area contributed by atoms with Crippen molar-refractivity contribution < 1.29 is 14.5 Å². The van der Waals surface area contributed by atoms with Crippen LogP contribution in [0.5, 0.6) is 0 Å². The zero-order valence-electron chi connectivity index (χ0n) is 14.6. The van der Waals surface area contributed by atoms with Gasteiger partial charge in [-0.25, -0.2) is 0 Å². The Labute approximate surface area is 151 Å². The number of amides is 1. The number of carbonyl (C=O) groups excluding carboxylic acids is 1. The molecule has 0 aliphatic carbocycles. The number of rotatable bonds is 5. The number of nitro groups is 1. The van der Waals surface area contributed by atoms with Gasteiger partial charge < -0.3 is 10.1 Å². The maximum atomic E-state index is 13.1. The summed E-state index contributed by atoms with van der Waals surface area (Å²) in [5, 5.41) is 14.1. The molecule has 136 valence electrons. The molecule has 1 aliphatic rings. The maximum absolute atomic E-state index is 13.1. The second-order valence-electron chi connectivity index (χ2n) is 6.23. The molecule has 2 aromatic carbocycles. The molecule has 1 aliphatic heterocycles. The molecule has 1 fully saturated rings. The summed E-state index contributed by atoms with van der Waals surface area (Å²) in [6.45, 7) is 4.15. The van der Waals surface area contributed by atoms with E-state index in [1.807, 2.05) is 35.2 Å². The van der Waals surface area contributed by atoms with E-state index in [9.17, 15) is 14.9 Å². The van der Waals surface area contributed by atoms with Crippen molar-refractivity contribution in [1.82, 2.24) is 4.90 Å². The van der Waals surface area contributed by atoms with Crippen LogP contribution in [0.3, 0.4) is 0 Å². The summed E-state index contributed by atoms with van der Waals surface area (Å²) >= 11 is 0. The number of nitrogens with zero attached hydrogens (tertiary/aromatic N) is 2. The molecule has 1 saturated heterocycles. The summed E-state index contributed by atoms with van der Waals surface area (Å²) in [6, 6.07) is 13.7. The predicted molar refractivity (Wildman–Crippen MR) is 98.0 cm³/mol. The quantitative estimate of drug-likeness (QED) is 0.658. The van der Waals surface area contributed by atoms with E-state index in [0.29, 0.717) is 26.3 Å². The molecule has 0 unspecified atom stereocenters. The Balaban J connectivity index is 1.90. The van der Waals surface area contributed by atoms with Crippen molar-refractivity contribution in [3.63, 3.8) is 0 Å². The lowest BCUT2D eigenvalue weighted by Gasteiger charge is -2.33. The van der Waals surface area contributed by atoms with Crippen LogP contribution in [-0.2, 0) is 9.53 Å². The maximum Gasteiger partial charge on any atom is 0.293 e. The molecular formula is C19H21N3O4. The number of aryl methyl sites for hydroxylation is 1. The molecule has 0 saturated carbocycles. The van der Waals surface area contributed by atoms with Gasteiger partial charge in [0.05, 0.1) is 18.1 Å². The first-order valence-electron chi connectivity index (χ1n) is 8.49. The number of ether oxygens (including phenoxy) is 1. The summed E-state index contributed by atoms with van der Waals surface area (Å²) in [5.74, 6) is -0.287. The topological polar surface area (TPSA) is 84.7 Å². The zero-order chi connectivity index (χ0) is 18.5. The highest BCUT2D eigenvalue weighted by Gasteiger charge is 2.30. The van der Waals surface area contributed by atoms with Gasteiger partial charge in [-0.1, -0.05) is 36.4 Å². The molecule has 0 radical (unpaired) electrons. The Hall–Kier alpha value is -2.77. The van der Waals surface area contributed by atoms with Crippen molar-refractivity contribution in [2.24, 2.45) is 0 Å². The minimum Gasteiger partial charge on any atom is -0.379 e. The number of benzene rings is 2. The predicted octanol–water partition coefficient (Wildman–Crippen LogP) is 2.92. The van der Waals surface area contributed by atoms with Gasteiger partial charge in [-0.2, -0.15) is 0 Å². The Morgan fingerprint density at radius 2 is 1.88 bits per heavy atom. The summed E-state index contributed by atoms with van der Waals surface area (Å²) in [5.41, 5.74) is 1.72. The van der Waals surface area contributed by atoms with Gasteiger partial charge in [0.25, 0.3) is 5.69 Å². The Kier molecular flexibility index (Phi) is 5.60. The number of anilines is 1. The van der Waals surface area contributed by atoms with Crippen molar-refractivity contribution in [3.8, 4) is 0 Å². The van der Waals surface area contributed by atoms with Gasteiger partial charge in [-0.05, 0) is 24.1 Å². The Morgan fingerprint density at radius 1 is 1.19 bits per heavy atom. The van der Waals surface area contributed by atoms with Crippen molar-refractivity contribution in [2.75, 3.05) is 31.6 Å². The second kappa shape index (κ2) is 8.07. The highest BCUT2D eigenvalue weighted by atomic mass is 16.6. The number of hydrogen-bond acceptors (Lipinski definition) is 5. The highest BCUT2D eigenvalue weighted by Crippen LogP contribution is 2.28. The van der Waals surface area contributed by atoms with Crippen LogP contribution in [0.1, 0.15) is 17.2 Å². The van der Waals surface area contributed by atoms with Crippen molar-refractivity contribution in [2.45, 2.75) is 13.0 Å². The normalized spacial score (nSPS) is 16.0. The van der Waals surface area contributed by atoms with Crippen LogP contribution in [0.4, 0.5) is 11.4 Å². The van der Waals surface area contributed by atoms with Gasteiger partial charge in [-0.3, -0.25) is 19.8 Å². The first kappa shape index (κ1) is 18.0.